The molecular formula is C19H17FN2O. The minimum atomic E-state index is -0.234. The highest BCUT2D eigenvalue weighted by molar-refractivity contribution is 5.49. The Balaban J connectivity index is 1.65. The second-order valence-corrected chi connectivity index (χ2v) is 5.56. The number of hydrogen-bond acceptors (Lipinski definition) is 2. The largest absolute Gasteiger partial charge is 0.352 e. The summed E-state index contributed by atoms with van der Waals surface area (Å²) in [7, 11) is 0. The third-order valence-electron chi connectivity index (χ3n) is 4.11. The zero-order valence-electron chi connectivity index (χ0n) is 12.6. The lowest BCUT2D eigenvalue weighted by atomic mass is 10.2. The minimum Gasteiger partial charge on any atom is -0.352 e. The van der Waals surface area contributed by atoms with Crippen LogP contribution in [0, 0.1) is 5.82 Å². The van der Waals surface area contributed by atoms with E-state index in [0.717, 1.165) is 17.8 Å². The van der Waals surface area contributed by atoms with Crippen molar-refractivity contribution in [3.05, 3.63) is 84.4 Å². The van der Waals surface area contributed by atoms with Crippen molar-refractivity contribution in [3.8, 4) is 5.69 Å². The maximum atomic E-state index is 13.9. The van der Waals surface area contributed by atoms with Crippen LogP contribution in [-0.2, 0) is 4.74 Å². The van der Waals surface area contributed by atoms with E-state index in [1.807, 2.05) is 42.7 Å². The van der Waals surface area contributed by atoms with Crippen LogP contribution < -0.4 is 4.90 Å². The molecule has 1 fully saturated rings. The first kappa shape index (κ1) is 14.0. The van der Waals surface area contributed by atoms with Crippen molar-refractivity contribution in [2.24, 2.45) is 0 Å². The van der Waals surface area contributed by atoms with Crippen molar-refractivity contribution >= 4 is 5.69 Å². The lowest BCUT2D eigenvalue weighted by Gasteiger charge is -2.24. The van der Waals surface area contributed by atoms with Crippen LogP contribution in [0.25, 0.3) is 5.69 Å². The number of rotatable bonds is 3. The molecule has 3 aromatic rings. The summed E-state index contributed by atoms with van der Waals surface area (Å²) < 4.78 is 21.6. The molecule has 1 unspecified atom stereocenters. The molecule has 2 heterocycles. The van der Waals surface area contributed by atoms with Gasteiger partial charge in [0.05, 0.1) is 12.3 Å². The topological polar surface area (TPSA) is 17.4 Å². The summed E-state index contributed by atoms with van der Waals surface area (Å²) >= 11 is 0. The quantitative estimate of drug-likeness (QED) is 0.723. The van der Waals surface area contributed by atoms with Gasteiger partial charge in [-0.2, -0.15) is 0 Å². The van der Waals surface area contributed by atoms with Crippen LogP contribution in [-0.4, -0.2) is 17.7 Å². The van der Waals surface area contributed by atoms with Crippen LogP contribution in [0.4, 0.5) is 10.1 Å². The number of para-hydroxylation sites is 2. The molecule has 0 N–H and O–H groups in total. The van der Waals surface area contributed by atoms with Crippen LogP contribution >= 0.6 is 0 Å². The Morgan fingerprint density at radius 1 is 0.957 bits per heavy atom. The van der Waals surface area contributed by atoms with Gasteiger partial charge in [0.1, 0.15) is 5.82 Å². The maximum absolute atomic E-state index is 13.9. The Hall–Kier alpha value is -2.59. The highest BCUT2D eigenvalue weighted by Gasteiger charge is 2.27. The van der Waals surface area contributed by atoms with Crippen molar-refractivity contribution in [3.63, 3.8) is 0 Å². The van der Waals surface area contributed by atoms with Gasteiger partial charge in [-0.05, 0) is 30.3 Å². The molecule has 116 valence electrons. The van der Waals surface area contributed by atoms with Gasteiger partial charge in [0, 0.05) is 30.2 Å². The summed E-state index contributed by atoms with van der Waals surface area (Å²) in [5, 5.41) is 0. The zero-order chi connectivity index (χ0) is 15.6. The van der Waals surface area contributed by atoms with Crippen molar-refractivity contribution in [2.75, 3.05) is 18.1 Å². The van der Waals surface area contributed by atoms with Gasteiger partial charge in [-0.25, -0.2) is 4.39 Å². The molecule has 4 rings (SSSR count). The fourth-order valence-corrected chi connectivity index (χ4v) is 3.00. The number of ether oxygens (including phenoxy) is 1. The SMILES string of the molecule is Fc1ccccc1-n1ccc(C2OCCN2c2ccccc2)c1. The summed E-state index contributed by atoms with van der Waals surface area (Å²) in [6.07, 6.45) is 3.67. The maximum Gasteiger partial charge on any atom is 0.158 e. The molecule has 1 saturated heterocycles. The van der Waals surface area contributed by atoms with Crippen LogP contribution in [0.1, 0.15) is 11.8 Å². The van der Waals surface area contributed by atoms with Gasteiger partial charge in [0.15, 0.2) is 6.23 Å². The Labute approximate surface area is 134 Å². The molecule has 0 amide bonds. The summed E-state index contributed by atoms with van der Waals surface area (Å²) in [6.45, 7) is 1.53. The first-order valence-corrected chi connectivity index (χ1v) is 7.69. The van der Waals surface area contributed by atoms with E-state index in [0.29, 0.717) is 12.3 Å². The standard InChI is InChI=1S/C19H17FN2O/c20-17-8-4-5-9-18(17)21-11-10-15(14-21)19-22(12-13-23-19)16-6-2-1-3-7-16/h1-11,14,19H,12-13H2. The van der Waals surface area contributed by atoms with Gasteiger partial charge < -0.3 is 14.2 Å². The molecule has 1 aliphatic heterocycles. The Kier molecular flexibility index (Phi) is 3.60. The van der Waals surface area contributed by atoms with E-state index in [-0.39, 0.29) is 12.0 Å². The monoisotopic (exact) mass is 308 g/mol. The Bertz CT molecular complexity index is 800. The van der Waals surface area contributed by atoms with Crippen LogP contribution in [0.15, 0.2) is 73.1 Å². The van der Waals surface area contributed by atoms with Gasteiger partial charge in [0.25, 0.3) is 0 Å². The first-order valence-electron chi connectivity index (χ1n) is 7.69. The molecule has 23 heavy (non-hydrogen) atoms. The van der Waals surface area contributed by atoms with Gasteiger partial charge in [-0.1, -0.05) is 30.3 Å². The molecule has 0 saturated carbocycles. The van der Waals surface area contributed by atoms with E-state index >= 15 is 0 Å². The minimum absolute atomic E-state index is 0.134. The third-order valence-corrected chi connectivity index (χ3v) is 4.11. The van der Waals surface area contributed by atoms with Gasteiger partial charge in [0.2, 0.25) is 0 Å². The summed E-state index contributed by atoms with van der Waals surface area (Å²) in [5.41, 5.74) is 2.70. The number of hydrogen-bond donors (Lipinski definition) is 0. The number of benzene rings is 2. The molecule has 1 aliphatic rings. The molecule has 2 aromatic carbocycles. The summed E-state index contributed by atoms with van der Waals surface area (Å²) in [6, 6.07) is 19.0. The number of halogens is 1. The number of aromatic nitrogens is 1. The lowest BCUT2D eigenvalue weighted by Crippen LogP contribution is -2.22. The molecule has 1 aromatic heterocycles. The highest BCUT2D eigenvalue weighted by Crippen LogP contribution is 2.32. The average Bonchev–Trinajstić information content (AvgIpc) is 3.25. The molecule has 0 radical (unpaired) electrons. The molecule has 0 bridgehead atoms. The predicted octanol–water partition coefficient (Wildman–Crippen LogP) is 4.15. The summed E-state index contributed by atoms with van der Waals surface area (Å²) in [5.74, 6) is -0.234. The summed E-state index contributed by atoms with van der Waals surface area (Å²) in [4.78, 5) is 2.22. The molecule has 3 nitrogen and oxygen atoms in total. The van der Waals surface area contributed by atoms with E-state index in [4.69, 9.17) is 4.74 Å². The van der Waals surface area contributed by atoms with E-state index in [9.17, 15) is 4.39 Å². The Morgan fingerprint density at radius 2 is 1.74 bits per heavy atom. The van der Waals surface area contributed by atoms with Gasteiger partial charge >= 0.3 is 0 Å². The second kappa shape index (κ2) is 5.89. The number of nitrogens with zero attached hydrogens (tertiary/aromatic N) is 2. The first-order chi connectivity index (χ1) is 11.3. The molecule has 4 heteroatoms. The fourth-order valence-electron chi connectivity index (χ4n) is 3.00. The predicted molar refractivity (Wildman–Crippen MR) is 88.2 cm³/mol. The van der Waals surface area contributed by atoms with E-state index < -0.39 is 0 Å². The number of anilines is 1. The van der Waals surface area contributed by atoms with Crippen molar-refractivity contribution in [1.29, 1.82) is 0 Å². The average molecular weight is 308 g/mol. The fraction of sp³-hybridized carbons (Fsp3) is 0.158. The lowest BCUT2D eigenvalue weighted by molar-refractivity contribution is 0.114. The zero-order valence-corrected chi connectivity index (χ0v) is 12.6. The third kappa shape index (κ3) is 2.62. The van der Waals surface area contributed by atoms with E-state index in [1.165, 1.54) is 6.07 Å². The Morgan fingerprint density at radius 3 is 2.57 bits per heavy atom. The van der Waals surface area contributed by atoms with Crippen LogP contribution in [0.2, 0.25) is 0 Å². The van der Waals surface area contributed by atoms with Gasteiger partial charge in [-0.15, -0.1) is 0 Å². The smallest absolute Gasteiger partial charge is 0.158 e. The van der Waals surface area contributed by atoms with E-state index in [2.05, 4.69) is 17.0 Å². The molecule has 1 atom stereocenters. The van der Waals surface area contributed by atoms with Crippen molar-refractivity contribution in [2.45, 2.75) is 6.23 Å². The van der Waals surface area contributed by atoms with Crippen molar-refractivity contribution in [1.82, 2.24) is 4.57 Å². The van der Waals surface area contributed by atoms with Crippen molar-refractivity contribution < 1.29 is 9.13 Å². The highest BCUT2D eigenvalue weighted by atomic mass is 19.1. The normalized spacial score (nSPS) is 17.6. The van der Waals surface area contributed by atoms with Gasteiger partial charge in [-0.3, -0.25) is 0 Å². The molecular weight excluding hydrogens is 291 g/mol. The molecule has 0 spiro atoms. The molecule has 0 aliphatic carbocycles. The second-order valence-electron chi connectivity index (χ2n) is 5.56. The van der Waals surface area contributed by atoms with E-state index in [1.54, 1.807) is 16.7 Å². The van der Waals surface area contributed by atoms with Crippen LogP contribution in [0.5, 0.6) is 0 Å². The van der Waals surface area contributed by atoms with Crippen LogP contribution in [0.3, 0.4) is 0 Å².